The Bertz CT molecular complexity index is 1040. The largest absolute Gasteiger partial charge is 0.459 e. The van der Waals surface area contributed by atoms with E-state index in [1.54, 1.807) is 47.4 Å². The molecule has 3 aromatic rings. The Labute approximate surface area is 178 Å². The van der Waals surface area contributed by atoms with Crippen LogP contribution in [0.5, 0.6) is 0 Å². The number of carbonyl (C=O) groups excluding carboxylic acids is 1. The van der Waals surface area contributed by atoms with Crippen molar-refractivity contribution in [2.24, 2.45) is 0 Å². The highest BCUT2D eigenvalue weighted by Gasteiger charge is 2.31. The molecular formula is C23H22FN3O4. The standard InChI is InChI=1S/C23H22FN3O4/c24-18-7-9-19(10-8-18)26(23(28)22-6-3-15-31-22)20-11-13-25(14-12-20)16-17-4-1-2-5-21(17)27(29)30/h1-10,15,20H,11-14,16H2. The Hall–Kier alpha value is -3.52. The first kappa shape index (κ1) is 20.7. The second-order valence-corrected chi connectivity index (χ2v) is 7.52. The first-order valence-electron chi connectivity index (χ1n) is 10.1. The van der Waals surface area contributed by atoms with E-state index in [-0.39, 0.29) is 34.1 Å². The zero-order valence-electron chi connectivity index (χ0n) is 16.8. The van der Waals surface area contributed by atoms with Gasteiger partial charge in [-0.2, -0.15) is 0 Å². The SMILES string of the molecule is O=C(c1ccco1)N(c1ccc(F)cc1)C1CCN(Cc2ccccc2[N+](=O)[O-])CC1. The predicted molar refractivity (Wildman–Crippen MR) is 113 cm³/mol. The molecule has 160 valence electrons. The van der Waals surface area contributed by atoms with Gasteiger partial charge in [-0.3, -0.25) is 19.8 Å². The van der Waals surface area contributed by atoms with Gasteiger partial charge in [0, 0.05) is 43.0 Å². The molecule has 0 radical (unpaired) electrons. The number of benzene rings is 2. The van der Waals surface area contributed by atoms with Crippen LogP contribution in [-0.2, 0) is 6.54 Å². The average molecular weight is 423 g/mol. The number of rotatable bonds is 6. The van der Waals surface area contributed by atoms with Crippen molar-refractivity contribution >= 4 is 17.3 Å². The smallest absolute Gasteiger partial charge is 0.294 e. The Morgan fingerprint density at radius 3 is 2.45 bits per heavy atom. The lowest BCUT2D eigenvalue weighted by Gasteiger charge is -2.38. The predicted octanol–water partition coefficient (Wildman–Crippen LogP) is 4.64. The molecule has 0 bridgehead atoms. The molecule has 2 heterocycles. The van der Waals surface area contributed by atoms with E-state index in [1.807, 2.05) is 0 Å². The normalized spacial score (nSPS) is 15.0. The average Bonchev–Trinajstić information content (AvgIpc) is 3.32. The molecule has 0 aliphatic carbocycles. The van der Waals surface area contributed by atoms with Crippen LogP contribution in [0.25, 0.3) is 0 Å². The molecule has 1 aromatic heterocycles. The molecule has 0 atom stereocenters. The lowest BCUT2D eigenvalue weighted by atomic mass is 10.0. The highest BCUT2D eigenvalue weighted by atomic mass is 19.1. The van der Waals surface area contributed by atoms with E-state index in [4.69, 9.17) is 4.42 Å². The molecule has 8 heteroatoms. The van der Waals surface area contributed by atoms with Gasteiger partial charge in [0.05, 0.1) is 11.2 Å². The summed E-state index contributed by atoms with van der Waals surface area (Å²) < 4.78 is 18.7. The maximum atomic E-state index is 13.4. The van der Waals surface area contributed by atoms with Crippen LogP contribution in [0.15, 0.2) is 71.3 Å². The number of para-hydroxylation sites is 1. The molecule has 1 aliphatic heterocycles. The maximum absolute atomic E-state index is 13.4. The number of anilines is 1. The number of carbonyl (C=O) groups is 1. The zero-order valence-corrected chi connectivity index (χ0v) is 16.8. The molecule has 7 nitrogen and oxygen atoms in total. The number of hydrogen-bond donors (Lipinski definition) is 0. The number of nitro benzene ring substituents is 1. The molecule has 0 N–H and O–H groups in total. The number of furan rings is 1. The van der Waals surface area contributed by atoms with Gasteiger partial charge in [-0.05, 0) is 49.2 Å². The van der Waals surface area contributed by atoms with Crippen LogP contribution in [-0.4, -0.2) is 34.9 Å². The Kier molecular flexibility index (Phi) is 6.08. The van der Waals surface area contributed by atoms with Crippen molar-refractivity contribution in [2.75, 3.05) is 18.0 Å². The molecule has 2 aromatic carbocycles. The van der Waals surface area contributed by atoms with E-state index in [9.17, 15) is 19.3 Å². The summed E-state index contributed by atoms with van der Waals surface area (Å²) in [5.41, 5.74) is 1.40. The van der Waals surface area contributed by atoms with E-state index in [2.05, 4.69) is 4.90 Å². The Balaban J connectivity index is 1.50. The van der Waals surface area contributed by atoms with Crippen LogP contribution >= 0.6 is 0 Å². The first-order chi connectivity index (χ1) is 15.0. The van der Waals surface area contributed by atoms with E-state index in [0.29, 0.717) is 43.7 Å². The fourth-order valence-corrected chi connectivity index (χ4v) is 4.01. The van der Waals surface area contributed by atoms with Gasteiger partial charge in [0.2, 0.25) is 0 Å². The Morgan fingerprint density at radius 1 is 1.10 bits per heavy atom. The third-order valence-electron chi connectivity index (χ3n) is 5.56. The molecule has 31 heavy (non-hydrogen) atoms. The van der Waals surface area contributed by atoms with Gasteiger partial charge >= 0.3 is 0 Å². The Morgan fingerprint density at radius 2 is 1.81 bits per heavy atom. The summed E-state index contributed by atoms with van der Waals surface area (Å²) in [6.45, 7) is 1.84. The number of nitrogens with zero attached hydrogens (tertiary/aromatic N) is 3. The van der Waals surface area contributed by atoms with E-state index in [0.717, 1.165) is 0 Å². The van der Waals surface area contributed by atoms with E-state index < -0.39 is 0 Å². The fraction of sp³-hybridized carbons (Fsp3) is 0.261. The highest BCUT2D eigenvalue weighted by Crippen LogP contribution is 2.28. The minimum absolute atomic E-state index is 0.0925. The van der Waals surface area contributed by atoms with Crippen molar-refractivity contribution in [3.05, 3.63) is 94.2 Å². The van der Waals surface area contributed by atoms with Crippen molar-refractivity contribution in [3.63, 3.8) is 0 Å². The lowest BCUT2D eigenvalue weighted by molar-refractivity contribution is -0.385. The van der Waals surface area contributed by atoms with Crippen LogP contribution in [0.1, 0.15) is 29.0 Å². The summed E-state index contributed by atoms with van der Waals surface area (Å²) in [6, 6.07) is 15.8. The van der Waals surface area contributed by atoms with Gasteiger partial charge in [-0.25, -0.2) is 4.39 Å². The van der Waals surface area contributed by atoms with Gasteiger partial charge in [0.1, 0.15) is 5.82 Å². The van der Waals surface area contributed by atoms with Crippen LogP contribution in [0, 0.1) is 15.9 Å². The molecule has 0 spiro atoms. The van der Waals surface area contributed by atoms with Crippen molar-refractivity contribution in [1.82, 2.24) is 4.90 Å². The van der Waals surface area contributed by atoms with Gasteiger partial charge in [0.15, 0.2) is 5.76 Å². The summed E-state index contributed by atoms with van der Waals surface area (Å²) in [4.78, 5) is 27.9. The maximum Gasteiger partial charge on any atom is 0.294 e. The summed E-state index contributed by atoms with van der Waals surface area (Å²) in [5.74, 6) is -0.408. The quantitative estimate of drug-likeness (QED) is 0.426. The lowest BCUT2D eigenvalue weighted by Crippen LogP contribution is -2.47. The van der Waals surface area contributed by atoms with Gasteiger partial charge in [-0.1, -0.05) is 18.2 Å². The summed E-state index contributed by atoms with van der Waals surface area (Å²) in [6.07, 6.45) is 2.82. The van der Waals surface area contributed by atoms with E-state index >= 15 is 0 Å². The van der Waals surface area contributed by atoms with Gasteiger partial charge in [0.25, 0.3) is 11.6 Å². The van der Waals surface area contributed by atoms with Crippen molar-refractivity contribution < 1.29 is 18.5 Å². The van der Waals surface area contributed by atoms with Crippen LogP contribution in [0.4, 0.5) is 15.8 Å². The van der Waals surface area contributed by atoms with Gasteiger partial charge in [-0.15, -0.1) is 0 Å². The van der Waals surface area contributed by atoms with E-state index in [1.165, 1.54) is 24.5 Å². The molecule has 0 unspecified atom stereocenters. The molecule has 0 saturated carbocycles. The number of piperidine rings is 1. The molecular weight excluding hydrogens is 401 g/mol. The molecule has 1 aliphatic rings. The van der Waals surface area contributed by atoms with Crippen molar-refractivity contribution in [1.29, 1.82) is 0 Å². The minimum atomic E-state index is -0.367. The number of halogens is 1. The second kappa shape index (κ2) is 9.09. The number of hydrogen-bond acceptors (Lipinski definition) is 5. The molecule has 1 saturated heterocycles. The molecule has 4 rings (SSSR count). The summed E-state index contributed by atoms with van der Waals surface area (Å²) in [5, 5.41) is 11.3. The topological polar surface area (TPSA) is 79.8 Å². The summed E-state index contributed by atoms with van der Waals surface area (Å²) in [7, 11) is 0. The number of nitro groups is 1. The minimum Gasteiger partial charge on any atom is -0.459 e. The monoisotopic (exact) mass is 423 g/mol. The van der Waals surface area contributed by atoms with Crippen molar-refractivity contribution in [2.45, 2.75) is 25.4 Å². The third-order valence-corrected chi connectivity index (χ3v) is 5.56. The third kappa shape index (κ3) is 4.64. The van der Waals surface area contributed by atoms with Crippen LogP contribution in [0.3, 0.4) is 0 Å². The summed E-state index contributed by atoms with van der Waals surface area (Å²) >= 11 is 0. The second-order valence-electron chi connectivity index (χ2n) is 7.52. The van der Waals surface area contributed by atoms with Crippen LogP contribution < -0.4 is 4.90 Å². The van der Waals surface area contributed by atoms with Crippen LogP contribution in [0.2, 0.25) is 0 Å². The fourth-order valence-electron chi connectivity index (χ4n) is 4.01. The number of amides is 1. The molecule has 1 amide bonds. The zero-order chi connectivity index (χ0) is 21.8. The van der Waals surface area contributed by atoms with Crippen molar-refractivity contribution in [3.8, 4) is 0 Å². The highest BCUT2D eigenvalue weighted by molar-refractivity contribution is 6.04. The molecule has 1 fully saturated rings. The number of likely N-dealkylation sites (tertiary alicyclic amines) is 1. The van der Waals surface area contributed by atoms with Gasteiger partial charge < -0.3 is 9.32 Å². The first-order valence-corrected chi connectivity index (χ1v) is 10.1.